The molecule has 1 heterocycles. The predicted octanol–water partition coefficient (Wildman–Crippen LogP) is 1.56. The Labute approximate surface area is 110 Å². The molecule has 0 aliphatic heterocycles. The van der Waals surface area contributed by atoms with Crippen LogP contribution in [-0.4, -0.2) is 18.0 Å². The summed E-state index contributed by atoms with van der Waals surface area (Å²) in [5.74, 6) is 0.554. The number of aromatic nitrogens is 1. The summed E-state index contributed by atoms with van der Waals surface area (Å²) in [5.41, 5.74) is 1.18. The van der Waals surface area contributed by atoms with Gasteiger partial charge in [0, 0.05) is 35.6 Å². The summed E-state index contributed by atoms with van der Waals surface area (Å²) in [6.07, 6.45) is 2.03. The SMILES string of the molecule is CCC(=O)NCc1c[nH]c2ccc(OC)cc2c1=O. The number of methoxy groups -OCH3 is 1. The second-order valence-corrected chi connectivity index (χ2v) is 4.18. The highest BCUT2D eigenvalue weighted by Gasteiger charge is 2.07. The summed E-state index contributed by atoms with van der Waals surface area (Å²) in [7, 11) is 1.56. The van der Waals surface area contributed by atoms with Crippen molar-refractivity contribution in [1.29, 1.82) is 0 Å². The van der Waals surface area contributed by atoms with Crippen LogP contribution in [0.1, 0.15) is 18.9 Å². The van der Waals surface area contributed by atoms with Crippen molar-refractivity contribution in [2.24, 2.45) is 0 Å². The van der Waals surface area contributed by atoms with E-state index in [0.717, 1.165) is 5.52 Å². The van der Waals surface area contributed by atoms with E-state index in [-0.39, 0.29) is 17.9 Å². The number of hydrogen-bond acceptors (Lipinski definition) is 3. The highest BCUT2D eigenvalue weighted by Crippen LogP contribution is 2.16. The van der Waals surface area contributed by atoms with Crippen molar-refractivity contribution >= 4 is 16.8 Å². The molecule has 0 unspecified atom stereocenters. The van der Waals surface area contributed by atoms with E-state index in [1.165, 1.54) is 0 Å². The van der Waals surface area contributed by atoms with Crippen molar-refractivity contribution in [3.63, 3.8) is 0 Å². The third kappa shape index (κ3) is 2.76. The minimum absolute atomic E-state index is 0.0786. The number of hydrogen-bond donors (Lipinski definition) is 2. The fraction of sp³-hybridized carbons (Fsp3) is 0.286. The highest BCUT2D eigenvalue weighted by atomic mass is 16.5. The maximum absolute atomic E-state index is 12.3. The summed E-state index contributed by atoms with van der Waals surface area (Å²) in [5, 5.41) is 3.25. The minimum atomic E-state index is -0.0935. The maximum atomic E-state index is 12.3. The Morgan fingerprint density at radius 1 is 1.42 bits per heavy atom. The lowest BCUT2D eigenvalue weighted by Crippen LogP contribution is -2.25. The molecule has 100 valence electrons. The smallest absolute Gasteiger partial charge is 0.219 e. The first-order valence-electron chi connectivity index (χ1n) is 6.10. The molecule has 0 bridgehead atoms. The number of amides is 1. The molecule has 2 aromatic rings. The lowest BCUT2D eigenvalue weighted by Gasteiger charge is -2.06. The molecule has 0 radical (unpaired) electrons. The average molecular weight is 260 g/mol. The summed E-state index contributed by atoms with van der Waals surface area (Å²) in [4.78, 5) is 26.5. The van der Waals surface area contributed by atoms with Gasteiger partial charge in [-0.15, -0.1) is 0 Å². The number of benzene rings is 1. The van der Waals surface area contributed by atoms with Gasteiger partial charge in [-0.3, -0.25) is 9.59 Å². The van der Waals surface area contributed by atoms with E-state index >= 15 is 0 Å². The molecule has 0 spiro atoms. The minimum Gasteiger partial charge on any atom is -0.497 e. The summed E-state index contributed by atoms with van der Waals surface area (Å²) in [6, 6.07) is 5.28. The third-order valence-electron chi connectivity index (χ3n) is 2.96. The molecular formula is C14H16N2O3. The van der Waals surface area contributed by atoms with Crippen molar-refractivity contribution in [3.8, 4) is 5.75 Å². The van der Waals surface area contributed by atoms with Crippen molar-refractivity contribution in [3.05, 3.63) is 40.2 Å². The number of carbonyl (C=O) groups is 1. The average Bonchev–Trinajstić information content (AvgIpc) is 2.46. The molecular weight excluding hydrogens is 244 g/mol. The number of rotatable bonds is 4. The largest absolute Gasteiger partial charge is 0.497 e. The maximum Gasteiger partial charge on any atom is 0.219 e. The van der Waals surface area contributed by atoms with Crippen LogP contribution < -0.4 is 15.5 Å². The van der Waals surface area contributed by atoms with E-state index in [0.29, 0.717) is 23.1 Å². The van der Waals surface area contributed by atoms with Gasteiger partial charge in [-0.1, -0.05) is 6.92 Å². The van der Waals surface area contributed by atoms with Crippen molar-refractivity contribution in [1.82, 2.24) is 10.3 Å². The van der Waals surface area contributed by atoms with Gasteiger partial charge in [-0.2, -0.15) is 0 Å². The van der Waals surface area contributed by atoms with Gasteiger partial charge < -0.3 is 15.0 Å². The van der Waals surface area contributed by atoms with E-state index in [1.807, 2.05) is 0 Å². The van der Waals surface area contributed by atoms with Crippen LogP contribution in [0.5, 0.6) is 5.75 Å². The van der Waals surface area contributed by atoms with Crippen LogP contribution in [0.25, 0.3) is 10.9 Å². The quantitative estimate of drug-likeness (QED) is 0.876. The normalized spacial score (nSPS) is 10.4. The molecule has 0 aliphatic rings. The van der Waals surface area contributed by atoms with E-state index in [4.69, 9.17) is 4.74 Å². The van der Waals surface area contributed by atoms with Gasteiger partial charge in [-0.05, 0) is 18.2 Å². The zero-order valence-corrected chi connectivity index (χ0v) is 10.9. The van der Waals surface area contributed by atoms with Crippen LogP contribution in [0.15, 0.2) is 29.2 Å². The van der Waals surface area contributed by atoms with Crippen LogP contribution in [0.2, 0.25) is 0 Å². The number of pyridine rings is 1. The molecule has 0 aliphatic carbocycles. The Morgan fingerprint density at radius 3 is 2.89 bits per heavy atom. The predicted molar refractivity (Wildman–Crippen MR) is 73.3 cm³/mol. The van der Waals surface area contributed by atoms with Crippen molar-refractivity contribution < 1.29 is 9.53 Å². The molecule has 0 saturated heterocycles. The van der Waals surface area contributed by atoms with E-state index in [2.05, 4.69) is 10.3 Å². The summed E-state index contributed by atoms with van der Waals surface area (Å²) >= 11 is 0. The first-order valence-corrected chi connectivity index (χ1v) is 6.10. The zero-order valence-electron chi connectivity index (χ0n) is 10.9. The van der Waals surface area contributed by atoms with Crippen LogP contribution in [0, 0.1) is 0 Å². The van der Waals surface area contributed by atoms with Gasteiger partial charge in [0.05, 0.1) is 7.11 Å². The Kier molecular flexibility index (Phi) is 3.85. The van der Waals surface area contributed by atoms with Gasteiger partial charge in [-0.25, -0.2) is 0 Å². The van der Waals surface area contributed by atoms with Crippen molar-refractivity contribution in [2.45, 2.75) is 19.9 Å². The first-order chi connectivity index (χ1) is 9.15. The Hall–Kier alpha value is -2.30. The molecule has 1 aromatic heterocycles. The molecule has 5 nitrogen and oxygen atoms in total. The number of fused-ring (bicyclic) bond motifs is 1. The van der Waals surface area contributed by atoms with Crippen LogP contribution >= 0.6 is 0 Å². The van der Waals surface area contributed by atoms with E-state index in [1.54, 1.807) is 38.4 Å². The molecule has 0 atom stereocenters. The monoisotopic (exact) mass is 260 g/mol. The zero-order chi connectivity index (χ0) is 13.8. The Balaban J connectivity index is 2.38. The van der Waals surface area contributed by atoms with E-state index < -0.39 is 0 Å². The lowest BCUT2D eigenvalue weighted by atomic mass is 10.1. The summed E-state index contributed by atoms with van der Waals surface area (Å²) < 4.78 is 5.11. The molecule has 2 N–H and O–H groups in total. The summed E-state index contributed by atoms with van der Waals surface area (Å²) in [6.45, 7) is 2.00. The molecule has 5 heteroatoms. The number of nitrogens with one attached hydrogen (secondary N) is 2. The van der Waals surface area contributed by atoms with Gasteiger partial charge >= 0.3 is 0 Å². The molecule has 2 rings (SSSR count). The fourth-order valence-corrected chi connectivity index (χ4v) is 1.82. The fourth-order valence-electron chi connectivity index (χ4n) is 1.82. The van der Waals surface area contributed by atoms with Gasteiger partial charge in [0.15, 0.2) is 5.43 Å². The second kappa shape index (κ2) is 5.56. The van der Waals surface area contributed by atoms with Gasteiger partial charge in [0.1, 0.15) is 5.75 Å². The molecule has 19 heavy (non-hydrogen) atoms. The highest BCUT2D eigenvalue weighted by molar-refractivity contribution is 5.80. The number of ether oxygens (including phenoxy) is 1. The number of H-pyrrole nitrogens is 1. The second-order valence-electron chi connectivity index (χ2n) is 4.18. The molecule has 0 saturated carbocycles. The van der Waals surface area contributed by atoms with E-state index in [9.17, 15) is 9.59 Å². The third-order valence-corrected chi connectivity index (χ3v) is 2.96. The lowest BCUT2D eigenvalue weighted by molar-refractivity contribution is -0.120. The topological polar surface area (TPSA) is 71.2 Å². The number of aromatic amines is 1. The number of carbonyl (C=O) groups excluding carboxylic acids is 1. The first kappa shape index (κ1) is 13.1. The molecule has 1 aromatic carbocycles. The van der Waals surface area contributed by atoms with Crippen LogP contribution in [-0.2, 0) is 11.3 Å². The Morgan fingerprint density at radius 2 is 2.21 bits per heavy atom. The Bertz CT molecular complexity index is 661. The van der Waals surface area contributed by atoms with Crippen LogP contribution in [0.3, 0.4) is 0 Å². The van der Waals surface area contributed by atoms with Gasteiger partial charge in [0.25, 0.3) is 0 Å². The van der Waals surface area contributed by atoms with Crippen molar-refractivity contribution in [2.75, 3.05) is 7.11 Å². The molecule has 1 amide bonds. The van der Waals surface area contributed by atoms with Gasteiger partial charge in [0.2, 0.25) is 5.91 Å². The van der Waals surface area contributed by atoms with Crippen LogP contribution in [0.4, 0.5) is 0 Å². The standard InChI is InChI=1S/C14H16N2O3/c1-3-13(17)16-8-9-7-15-12-5-4-10(19-2)6-11(12)14(9)18/h4-7H,3,8H2,1-2H3,(H,15,18)(H,16,17). The molecule has 0 fully saturated rings.